The van der Waals surface area contributed by atoms with Crippen LogP contribution in [0.2, 0.25) is 0 Å². The van der Waals surface area contributed by atoms with Crippen LogP contribution in [-0.2, 0) is 0 Å². The van der Waals surface area contributed by atoms with Gasteiger partial charge in [0.2, 0.25) is 0 Å². The number of rotatable bonds is 4. The van der Waals surface area contributed by atoms with Crippen molar-refractivity contribution < 1.29 is 9.90 Å². The molecule has 0 aliphatic heterocycles. The predicted octanol–water partition coefficient (Wildman–Crippen LogP) is 13.7. The molecule has 10 rings (SSSR count). The molecule has 0 atom stereocenters. The van der Waals surface area contributed by atoms with E-state index in [-0.39, 0.29) is 24.2 Å². The van der Waals surface area contributed by atoms with Gasteiger partial charge in [-0.3, -0.25) is 0 Å². The molecule has 0 spiro atoms. The third kappa shape index (κ3) is 4.40. The molecule has 10 aromatic rings. The third-order valence-electron chi connectivity index (χ3n) is 9.77. The zero-order valence-electron chi connectivity index (χ0n) is 30.4. The minimum absolute atomic E-state index is 0.134. The lowest BCUT2D eigenvalue weighted by molar-refractivity contribution is 0.631. The fourth-order valence-electron chi connectivity index (χ4n) is 7.60. The molecule has 0 radical (unpaired) electrons. The maximum absolute atomic E-state index is 9.42. The van der Waals surface area contributed by atoms with Crippen LogP contribution in [0.1, 0.15) is 5.48 Å². The molecule has 1 heterocycles. The van der Waals surface area contributed by atoms with Crippen LogP contribution in [0.3, 0.4) is 0 Å². The average molecular weight is 627 g/mol. The number of hydrogen-bond donors (Lipinski definition) is 0. The standard InChI is InChI=1S/C48H30O/c1-2-14-32(15-3-1)46-30-34-29-33(27-28-45(34)49-46)36-22-11-24-38-37(36)23-12-26-40(38)48-43-20-8-6-18-41(43)47(42-19-7-9-21-44(42)48)39-25-10-16-31-13-4-5-17-35(31)39/h1-30H/i6D,9D,18D,21D. The van der Waals surface area contributed by atoms with Gasteiger partial charge in [0.15, 0.2) is 0 Å². The van der Waals surface area contributed by atoms with Gasteiger partial charge in [-0.25, -0.2) is 0 Å². The van der Waals surface area contributed by atoms with Gasteiger partial charge in [-0.1, -0.05) is 164 Å². The average Bonchev–Trinajstić information content (AvgIpc) is 3.64. The molecule has 0 fully saturated rings. The van der Waals surface area contributed by atoms with Crippen molar-refractivity contribution in [3.8, 4) is 44.7 Å². The van der Waals surface area contributed by atoms with Crippen LogP contribution in [0.4, 0.5) is 0 Å². The molecule has 9 aromatic carbocycles. The van der Waals surface area contributed by atoms with Gasteiger partial charge < -0.3 is 4.42 Å². The number of fused-ring (bicyclic) bond motifs is 5. The second-order valence-electron chi connectivity index (χ2n) is 12.5. The zero-order chi connectivity index (χ0) is 35.8. The Morgan fingerprint density at radius 1 is 0.367 bits per heavy atom. The van der Waals surface area contributed by atoms with Crippen LogP contribution in [0, 0.1) is 0 Å². The van der Waals surface area contributed by atoms with Gasteiger partial charge in [0.25, 0.3) is 0 Å². The van der Waals surface area contributed by atoms with Crippen LogP contribution in [0.25, 0.3) is 98.8 Å². The van der Waals surface area contributed by atoms with Crippen molar-refractivity contribution >= 4 is 54.1 Å². The van der Waals surface area contributed by atoms with Gasteiger partial charge >= 0.3 is 0 Å². The molecule has 0 amide bonds. The first-order valence-electron chi connectivity index (χ1n) is 18.5. The molecule has 1 nitrogen and oxygen atoms in total. The van der Waals surface area contributed by atoms with E-state index in [0.29, 0.717) is 10.8 Å². The summed E-state index contributed by atoms with van der Waals surface area (Å²) in [6, 6.07) is 53.2. The molecule has 1 aromatic heterocycles. The summed E-state index contributed by atoms with van der Waals surface area (Å²) in [6.07, 6.45) is 0. The van der Waals surface area contributed by atoms with Gasteiger partial charge in [0.1, 0.15) is 11.3 Å². The smallest absolute Gasteiger partial charge is 0.135 e. The summed E-state index contributed by atoms with van der Waals surface area (Å²) in [5.74, 6) is 0.827. The highest BCUT2D eigenvalue weighted by Gasteiger charge is 2.19. The van der Waals surface area contributed by atoms with Gasteiger partial charge in [0, 0.05) is 10.9 Å². The highest BCUT2D eigenvalue weighted by molar-refractivity contribution is 6.25. The Bertz CT molecular complexity index is 3100. The first kappa shape index (κ1) is 23.8. The Hall–Kier alpha value is -6.44. The topological polar surface area (TPSA) is 13.1 Å². The first-order valence-corrected chi connectivity index (χ1v) is 16.5. The van der Waals surface area contributed by atoms with E-state index in [1.165, 1.54) is 0 Å². The number of benzene rings is 9. The summed E-state index contributed by atoms with van der Waals surface area (Å²) in [4.78, 5) is 0. The van der Waals surface area contributed by atoms with E-state index < -0.39 is 0 Å². The number of hydrogen-bond acceptors (Lipinski definition) is 1. The summed E-state index contributed by atoms with van der Waals surface area (Å²) in [6.45, 7) is 0. The molecule has 1 heteroatoms. The summed E-state index contributed by atoms with van der Waals surface area (Å²) in [5, 5.41) is 8.07. The first-order chi connectivity index (χ1) is 26.0. The van der Waals surface area contributed by atoms with Crippen LogP contribution in [-0.4, -0.2) is 0 Å². The molecule has 0 N–H and O–H groups in total. The van der Waals surface area contributed by atoms with Crippen molar-refractivity contribution in [1.82, 2.24) is 0 Å². The normalized spacial score (nSPS) is 12.8. The predicted molar refractivity (Wildman–Crippen MR) is 208 cm³/mol. The van der Waals surface area contributed by atoms with Gasteiger partial charge in [-0.05, 0) is 94.7 Å². The van der Waals surface area contributed by atoms with Crippen molar-refractivity contribution in [2.45, 2.75) is 0 Å². The minimum Gasteiger partial charge on any atom is -0.456 e. The summed E-state index contributed by atoms with van der Waals surface area (Å²) >= 11 is 0. The molecule has 0 saturated heterocycles. The second-order valence-corrected chi connectivity index (χ2v) is 12.5. The Kier molecular flexibility index (Phi) is 5.38. The van der Waals surface area contributed by atoms with Crippen molar-refractivity contribution in [3.63, 3.8) is 0 Å². The SMILES string of the molecule is [2H]c1ccc2c(-c3cccc4c(-c5ccc6oc(-c7ccccc7)cc6c5)cccc34)c3c([2H])c([2H])ccc3c(-c3cccc4ccccc34)c2c1[2H]. The Labute approximate surface area is 289 Å². The molecular weight excluding hydrogens is 593 g/mol. The van der Waals surface area contributed by atoms with E-state index in [1.54, 1.807) is 12.1 Å². The third-order valence-corrected chi connectivity index (χ3v) is 9.77. The molecule has 0 aliphatic rings. The van der Waals surface area contributed by atoms with E-state index in [0.717, 1.165) is 88.0 Å². The van der Waals surface area contributed by atoms with Crippen molar-refractivity contribution in [2.75, 3.05) is 0 Å². The Morgan fingerprint density at radius 2 is 0.939 bits per heavy atom. The summed E-state index contributed by atoms with van der Waals surface area (Å²) in [7, 11) is 0. The maximum Gasteiger partial charge on any atom is 0.135 e. The van der Waals surface area contributed by atoms with Crippen molar-refractivity contribution in [3.05, 3.63) is 182 Å². The highest BCUT2D eigenvalue weighted by Crippen LogP contribution is 2.47. The van der Waals surface area contributed by atoms with Crippen molar-refractivity contribution in [1.29, 1.82) is 0 Å². The van der Waals surface area contributed by atoms with E-state index in [9.17, 15) is 2.74 Å². The van der Waals surface area contributed by atoms with E-state index in [1.807, 2.05) is 66.7 Å². The summed E-state index contributed by atoms with van der Waals surface area (Å²) < 4.78 is 42.6. The van der Waals surface area contributed by atoms with E-state index >= 15 is 0 Å². The fourth-order valence-corrected chi connectivity index (χ4v) is 7.60. The molecule has 0 saturated carbocycles. The lowest BCUT2D eigenvalue weighted by Gasteiger charge is -2.20. The van der Waals surface area contributed by atoms with Gasteiger partial charge in [-0.2, -0.15) is 0 Å². The van der Waals surface area contributed by atoms with E-state index in [4.69, 9.17) is 7.16 Å². The lowest BCUT2D eigenvalue weighted by Crippen LogP contribution is -1.92. The van der Waals surface area contributed by atoms with Crippen LogP contribution >= 0.6 is 0 Å². The van der Waals surface area contributed by atoms with Crippen molar-refractivity contribution in [2.24, 2.45) is 0 Å². The van der Waals surface area contributed by atoms with Crippen LogP contribution in [0.15, 0.2) is 186 Å². The second kappa shape index (κ2) is 11.1. The van der Waals surface area contributed by atoms with Gasteiger partial charge in [0.05, 0.1) is 5.48 Å². The Balaban J connectivity index is 1.27. The quantitative estimate of drug-likeness (QED) is 0.177. The summed E-state index contributed by atoms with van der Waals surface area (Å²) in [5.41, 5.74) is 7.44. The van der Waals surface area contributed by atoms with E-state index in [2.05, 4.69) is 78.9 Å². The van der Waals surface area contributed by atoms with Gasteiger partial charge in [-0.15, -0.1) is 0 Å². The highest BCUT2D eigenvalue weighted by atomic mass is 16.3. The lowest BCUT2D eigenvalue weighted by atomic mass is 9.83. The largest absolute Gasteiger partial charge is 0.456 e. The zero-order valence-corrected chi connectivity index (χ0v) is 26.4. The molecule has 0 unspecified atom stereocenters. The maximum atomic E-state index is 9.42. The molecule has 0 aliphatic carbocycles. The molecular formula is C48H30O. The monoisotopic (exact) mass is 626 g/mol. The van der Waals surface area contributed by atoms with Crippen LogP contribution < -0.4 is 0 Å². The molecule has 228 valence electrons. The number of furan rings is 1. The Morgan fingerprint density at radius 3 is 1.69 bits per heavy atom. The minimum atomic E-state index is 0.134. The fraction of sp³-hybridized carbons (Fsp3) is 0. The van der Waals surface area contributed by atoms with Crippen LogP contribution in [0.5, 0.6) is 0 Å². The molecule has 0 bridgehead atoms. The molecule has 49 heavy (non-hydrogen) atoms.